The monoisotopic (exact) mass is 874 g/mol. The van der Waals surface area contributed by atoms with Crippen LogP contribution in [0.1, 0.15) is 5.56 Å². The summed E-state index contributed by atoms with van der Waals surface area (Å²) in [4.78, 5) is 11.8. The smallest absolute Gasteiger partial charge is 0.406 e. The van der Waals surface area contributed by atoms with Crippen molar-refractivity contribution in [2.24, 2.45) is 0 Å². The van der Waals surface area contributed by atoms with E-state index in [0.29, 0.717) is 33.3 Å². The average Bonchev–Trinajstić information content (AvgIpc) is 4.04. The summed E-state index contributed by atoms with van der Waals surface area (Å²) in [7, 11) is -4.05. The number of benzene rings is 3. The number of hydrogen-bond acceptors (Lipinski definition) is 8. The van der Waals surface area contributed by atoms with Gasteiger partial charge in [-0.2, -0.15) is 22.7 Å². The Morgan fingerprint density at radius 1 is 0.633 bits per heavy atom. The Balaban J connectivity index is 0.000000176. The quantitative estimate of drug-likeness (QED) is 0.153. The molecule has 0 amide bonds. The maximum Gasteiger partial charge on any atom is 0.573 e. The maximum absolute atomic E-state index is 13.6. The van der Waals surface area contributed by atoms with Gasteiger partial charge in [0, 0.05) is 46.7 Å². The van der Waals surface area contributed by atoms with E-state index in [-0.39, 0.29) is 16.3 Å². The van der Waals surface area contributed by atoms with Gasteiger partial charge in [-0.15, -0.1) is 26.3 Å². The first-order valence-electron chi connectivity index (χ1n) is 17.7. The van der Waals surface area contributed by atoms with E-state index < -0.39 is 28.5 Å². The van der Waals surface area contributed by atoms with Crippen molar-refractivity contribution in [3.8, 4) is 56.0 Å². The molecule has 0 spiro atoms. The zero-order chi connectivity index (χ0) is 42.2. The van der Waals surface area contributed by atoms with Gasteiger partial charge >= 0.3 is 12.7 Å². The summed E-state index contributed by atoms with van der Waals surface area (Å²) in [6, 6.07) is 25.3. The number of alkyl halides is 6. The highest BCUT2D eigenvalue weighted by molar-refractivity contribution is 7.90. The molecule has 6 heterocycles. The number of nitrogens with one attached hydrogen (secondary N) is 1. The standard InChI is InChI=1S/C25H17F3N2O3S2.C18H11F3N2OS/c1-16-5-7-20(8-6-16)35(31,32)30-14-22(17-3-2-4-19(13-17)33-25(26,27)28)23-21(9-11-29-24(23)30)18-10-12-34-15-18;19-18(20,21)24-13-3-1-2-11(8-13)15-9-23-17-16(15)14(4-6-22-17)12-5-7-25-10-12/h2-15H,1H3;1-10H,(H,22,23). The van der Waals surface area contributed by atoms with Gasteiger partial charge in [-0.3, -0.25) is 0 Å². The largest absolute Gasteiger partial charge is 0.573 e. The number of hydrogen-bond donors (Lipinski definition) is 1. The van der Waals surface area contributed by atoms with Crippen LogP contribution in [0.3, 0.4) is 0 Å². The SMILES string of the molecule is Cc1ccc(S(=O)(=O)n2cc(-c3cccc(OC(F)(F)F)c3)c3c(-c4ccsc4)ccnc32)cc1.FC(F)(F)Oc1cccc(-c2c[nH]c3nccc(-c4ccsc4)c23)c1. The predicted octanol–water partition coefficient (Wildman–Crippen LogP) is 12.7. The molecule has 0 saturated carbocycles. The molecule has 9 aromatic rings. The third-order valence-corrected chi connectivity index (χ3v) is 12.3. The number of pyridine rings is 2. The highest BCUT2D eigenvalue weighted by Gasteiger charge is 2.32. The summed E-state index contributed by atoms with van der Waals surface area (Å²) in [5.41, 5.74) is 7.51. The Morgan fingerprint density at radius 2 is 1.18 bits per heavy atom. The molecular formula is C43H28F6N4O4S3. The molecule has 0 aliphatic rings. The van der Waals surface area contributed by atoms with Crippen LogP contribution in [0.25, 0.3) is 66.6 Å². The minimum absolute atomic E-state index is 0.0726. The zero-order valence-electron chi connectivity index (χ0n) is 30.8. The fraction of sp³-hybridized carbons (Fsp3) is 0.0698. The second-order valence-electron chi connectivity index (χ2n) is 13.2. The van der Waals surface area contributed by atoms with Gasteiger partial charge in [0.05, 0.1) is 4.90 Å². The Morgan fingerprint density at radius 3 is 1.73 bits per heavy atom. The molecule has 0 aliphatic carbocycles. The molecule has 3 aromatic carbocycles. The lowest BCUT2D eigenvalue weighted by Gasteiger charge is -2.10. The Bertz CT molecular complexity index is 3050. The van der Waals surface area contributed by atoms with Gasteiger partial charge in [-0.1, -0.05) is 42.0 Å². The minimum atomic E-state index is -4.86. The van der Waals surface area contributed by atoms with Gasteiger partial charge in [-0.25, -0.2) is 22.4 Å². The van der Waals surface area contributed by atoms with Gasteiger partial charge in [0.15, 0.2) is 5.65 Å². The van der Waals surface area contributed by atoms with E-state index in [2.05, 4.69) is 24.4 Å². The number of ether oxygens (including phenoxy) is 2. The lowest BCUT2D eigenvalue weighted by Crippen LogP contribution is -2.17. The topological polar surface area (TPSA) is 99.1 Å². The number of aryl methyl sites for hydroxylation is 1. The van der Waals surface area contributed by atoms with Crippen molar-refractivity contribution in [3.05, 3.63) is 149 Å². The van der Waals surface area contributed by atoms with Gasteiger partial charge in [0.25, 0.3) is 10.0 Å². The van der Waals surface area contributed by atoms with Gasteiger partial charge in [-0.05, 0) is 122 Å². The van der Waals surface area contributed by atoms with Crippen LogP contribution in [-0.2, 0) is 10.0 Å². The summed E-state index contributed by atoms with van der Waals surface area (Å²) < 4.78 is 112. The number of H-pyrrole nitrogens is 1. The third-order valence-electron chi connectivity index (χ3n) is 9.23. The minimum Gasteiger partial charge on any atom is -0.406 e. The first-order chi connectivity index (χ1) is 28.6. The van der Waals surface area contributed by atoms with Crippen LogP contribution in [0.5, 0.6) is 11.5 Å². The summed E-state index contributed by atoms with van der Waals surface area (Å²) in [6.07, 6.45) is -3.20. The lowest BCUT2D eigenvalue weighted by atomic mass is 9.99. The molecule has 60 heavy (non-hydrogen) atoms. The van der Waals surface area contributed by atoms with Crippen LogP contribution < -0.4 is 9.47 Å². The average molecular weight is 875 g/mol. The molecule has 0 atom stereocenters. The molecule has 0 bridgehead atoms. The van der Waals surface area contributed by atoms with E-state index in [1.54, 1.807) is 54.1 Å². The molecule has 1 N–H and O–H groups in total. The number of halogens is 6. The number of aromatic amines is 1. The van der Waals surface area contributed by atoms with Crippen LogP contribution in [0, 0.1) is 6.92 Å². The van der Waals surface area contributed by atoms with E-state index in [9.17, 15) is 34.8 Å². The van der Waals surface area contributed by atoms with Crippen LogP contribution >= 0.6 is 22.7 Å². The molecule has 0 aliphatic heterocycles. The first-order valence-corrected chi connectivity index (χ1v) is 21.0. The fourth-order valence-electron chi connectivity index (χ4n) is 6.67. The van der Waals surface area contributed by atoms with Crippen molar-refractivity contribution in [3.63, 3.8) is 0 Å². The summed E-state index contributed by atoms with van der Waals surface area (Å²) in [6.45, 7) is 1.85. The molecular weight excluding hydrogens is 847 g/mol. The van der Waals surface area contributed by atoms with Crippen LogP contribution in [0.2, 0.25) is 0 Å². The second-order valence-corrected chi connectivity index (χ2v) is 16.5. The molecule has 9 rings (SSSR count). The molecule has 0 unspecified atom stereocenters. The third kappa shape index (κ3) is 8.50. The van der Waals surface area contributed by atoms with Crippen molar-refractivity contribution in [2.45, 2.75) is 24.5 Å². The van der Waals surface area contributed by atoms with E-state index in [1.165, 1.54) is 72.3 Å². The van der Waals surface area contributed by atoms with Crippen LogP contribution in [0.15, 0.2) is 148 Å². The summed E-state index contributed by atoms with van der Waals surface area (Å²) >= 11 is 3.05. The Kier molecular flexibility index (Phi) is 10.7. The summed E-state index contributed by atoms with van der Waals surface area (Å²) in [5, 5.41) is 9.17. The van der Waals surface area contributed by atoms with Gasteiger partial charge in [0.2, 0.25) is 0 Å². The summed E-state index contributed by atoms with van der Waals surface area (Å²) in [5.74, 6) is -0.654. The number of rotatable bonds is 8. The Labute approximate surface area is 346 Å². The molecule has 8 nitrogen and oxygen atoms in total. The van der Waals surface area contributed by atoms with E-state index >= 15 is 0 Å². The van der Waals surface area contributed by atoms with E-state index in [4.69, 9.17) is 0 Å². The number of fused-ring (bicyclic) bond motifs is 2. The van der Waals surface area contributed by atoms with Crippen molar-refractivity contribution in [1.82, 2.24) is 18.9 Å². The second kappa shape index (κ2) is 16.0. The van der Waals surface area contributed by atoms with E-state index in [1.807, 2.05) is 46.6 Å². The maximum atomic E-state index is 13.6. The molecule has 0 fully saturated rings. The highest BCUT2D eigenvalue weighted by atomic mass is 32.2. The van der Waals surface area contributed by atoms with Crippen molar-refractivity contribution in [1.29, 1.82) is 0 Å². The Hall–Kier alpha value is -6.43. The highest BCUT2D eigenvalue weighted by Crippen LogP contribution is 2.41. The van der Waals surface area contributed by atoms with Gasteiger partial charge in [0.1, 0.15) is 17.1 Å². The number of aromatic nitrogens is 4. The predicted molar refractivity (Wildman–Crippen MR) is 220 cm³/mol. The fourth-order valence-corrected chi connectivity index (χ4v) is 9.30. The number of thiophene rings is 2. The van der Waals surface area contributed by atoms with Crippen molar-refractivity contribution in [2.75, 3.05) is 0 Å². The zero-order valence-corrected chi connectivity index (χ0v) is 33.3. The molecule has 304 valence electrons. The van der Waals surface area contributed by atoms with E-state index in [0.717, 1.165) is 37.2 Å². The van der Waals surface area contributed by atoms with Crippen molar-refractivity contribution < 1.29 is 44.2 Å². The molecule has 17 heteroatoms. The number of nitrogens with zero attached hydrogens (tertiary/aromatic N) is 3. The molecule has 0 radical (unpaired) electrons. The molecule has 6 aromatic heterocycles. The van der Waals surface area contributed by atoms with Crippen molar-refractivity contribution >= 4 is 54.8 Å². The lowest BCUT2D eigenvalue weighted by molar-refractivity contribution is -0.275. The van der Waals surface area contributed by atoms with Crippen LogP contribution in [-0.4, -0.2) is 40.1 Å². The first kappa shape index (κ1) is 40.4. The van der Waals surface area contributed by atoms with Gasteiger partial charge < -0.3 is 14.5 Å². The van der Waals surface area contributed by atoms with Crippen LogP contribution in [0.4, 0.5) is 26.3 Å². The normalized spacial score (nSPS) is 12.1. The molecule has 0 saturated heterocycles.